The van der Waals surface area contributed by atoms with Crippen LogP contribution in [0.1, 0.15) is 78.7 Å². The number of likely N-dealkylation sites (tertiary alicyclic amines) is 1. The molecule has 1 aromatic rings. The van der Waals surface area contributed by atoms with Gasteiger partial charge < -0.3 is 45.4 Å². The maximum Gasteiger partial charge on any atom is 0.245 e. The molecule has 4 amide bonds. The molecule has 0 aromatic heterocycles. The summed E-state index contributed by atoms with van der Waals surface area (Å²) < 4.78 is 11.9. The van der Waals surface area contributed by atoms with Crippen LogP contribution in [0, 0.1) is 17.8 Å². The number of nitrogens with one attached hydrogen (secondary N) is 3. The van der Waals surface area contributed by atoms with Gasteiger partial charge in [0.25, 0.3) is 0 Å². The normalized spacial score (nSPS) is 23.2. The third-order valence-corrected chi connectivity index (χ3v) is 11.1. The topological polar surface area (TPSA) is 170 Å². The Kier molecular flexibility index (Phi) is 17.5. The summed E-state index contributed by atoms with van der Waals surface area (Å²) in [5.41, 5.74) is 1.00. The molecule has 0 bridgehead atoms. The van der Waals surface area contributed by atoms with E-state index in [1.165, 1.54) is 0 Å². The number of carbonyl (C=O) groups is 4. The number of hydrogen-bond acceptors (Lipinski definition) is 9. The highest BCUT2D eigenvalue weighted by Crippen LogP contribution is 2.30. The molecule has 52 heavy (non-hydrogen) atoms. The van der Waals surface area contributed by atoms with E-state index in [0.29, 0.717) is 32.4 Å². The number of benzene rings is 1. The number of nitrogens with zero attached hydrogens (tertiary/aromatic N) is 2. The van der Waals surface area contributed by atoms with E-state index in [4.69, 9.17) is 9.47 Å². The summed E-state index contributed by atoms with van der Waals surface area (Å²) in [5.74, 6) is -1.85. The van der Waals surface area contributed by atoms with Crippen molar-refractivity contribution in [3.63, 3.8) is 0 Å². The zero-order valence-corrected chi connectivity index (χ0v) is 32.5. The smallest absolute Gasteiger partial charge is 0.245 e. The zero-order chi connectivity index (χ0) is 38.5. The summed E-state index contributed by atoms with van der Waals surface area (Å²) in [5, 5.41) is 29.2. The fourth-order valence-corrected chi connectivity index (χ4v) is 7.78. The largest absolute Gasteiger partial charge is 0.394 e. The summed E-state index contributed by atoms with van der Waals surface area (Å²) in [4.78, 5) is 58.3. The Bertz CT molecular complexity index is 1280. The summed E-state index contributed by atoms with van der Waals surface area (Å²) in [7, 11) is 4.81. The minimum Gasteiger partial charge on any atom is -0.394 e. The molecule has 13 heteroatoms. The summed E-state index contributed by atoms with van der Waals surface area (Å²) in [6, 6.07) is 6.99. The van der Waals surface area contributed by atoms with Crippen LogP contribution in [0.3, 0.4) is 0 Å². The van der Waals surface area contributed by atoms with Gasteiger partial charge in [0.2, 0.25) is 23.6 Å². The van der Waals surface area contributed by atoms with E-state index >= 15 is 0 Å². The number of rotatable bonds is 19. The van der Waals surface area contributed by atoms with Crippen LogP contribution in [0.2, 0.25) is 0 Å². The highest BCUT2D eigenvalue weighted by Gasteiger charge is 2.43. The van der Waals surface area contributed by atoms with Crippen molar-refractivity contribution in [1.29, 1.82) is 0 Å². The molecule has 2 heterocycles. The van der Waals surface area contributed by atoms with Gasteiger partial charge in [0.05, 0.1) is 61.4 Å². The lowest BCUT2D eigenvalue weighted by molar-refractivity contribution is -0.148. The third-order valence-electron chi connectivity index (χ3n) is 11.1. The molecule has 13 nitrogen and oxygen atoms in total. The molecule has 10 atom stereocenters. The molecule has 0 aliphatic carbocycles. The van der Waals surface area contributed by atoms with Crippen LogP contribution in [0.15, 0.2) is 30.3 Å². The third kappa shape index (κ3) is 11.4. The maximum absolute atomic E-state index is 14.1. The minimum absolute atomic E-state index is 0.0168. The van der Waals surface area contributed by atoms with Gasteiger partial charge in [-0.2, -0.15) is 0 Å². The number of aliphatic hydroxyl groups excluding tert-OH is 2. The number of amides is 4. The molecular formula is C39H65N5O8. The van der Waals surface area contributed by atoms with Crippen LogP contribution < -0.4 is 16.0 Å². The van der Waals surface area contributed by atoms with Crippen LogP contribution >= 0.6 is 0 Å². The Labute approximate surface area is 310 Å². The van der Waals surface area contributed by atoms with Gasteiger partial charge in [-0.3, -0.25) is 19.2 Å². The Hall–Kier alpha value is -3.10. The van der Waals surface area contributed by atoms with Crippen molar-refractivity contribution < 1.29 is 38.9 Å². The first kappa shape index (κ1) is 43.3. The molecule has 294 valence electrons. The summed E-state index contributed by atoms with van der Waals surface area (Å²) in [6.07, 6.45) is 1.73. The second-order valence-electron chi connectivity index (χ2n) is 15.1. The van der Waals surface area contributed by atoms with Crippen LogP contribution in [0.25, 0.3) is 0 Å². The average molecular weight is 732 g/mol. The van der Waals surface area contributed by atoms with Crippen LogP contribution in [-0.2, 0) is 35.1 Å². The molecule has 5 N–H and O–H groups in total. The lowest BCUT2D eigenvalue weighted by atomic mass is 9.89. The van der Waals surface area contributed by atoms with Crippen LogP contribution in [0.5, 0.6) is 0 Å². The fraction of sp³-hybridized carbons (Fsp3) is 0.744. The van der Waals surface area contributed by atoms with Gasteiger partial charge in [0, 0.05) is 27.8 Å². The number of aliphatic hydroxyl groups is 2. The van der Waals surface area contributed by atoms with Gasteiger partial charge in [-0.15, -0.1) is 0 Å². The number of methoxy groups -OCH3 is 2. The van der Waals surface area contributed by atoms with E-state index in [1.54, 1.807) is 38.0 Å². The number of piperidine rings is 1. The van der Waals surface area contributed by atoms with E-state index in [9.17, 15) is 29.4 Å². The fourth-order valence-electron chi connectivity index (χ4n) is 7.78. The molecule has 2 unspecified atom stereocenters. The lowest BCUT2D eigenvalue weighted by Gasteiger charge is -2.41. The van der Waals surface area contributed by atoms with E-state index in [2.05, 4.69) is 16.0 Å². The van der Waals surface area contributed by atoms with Crippen molar-refractivity contribution in [3.8, 4) is 0 Å². The Morgan fingerprint density at radius 2 is 1.73 bits per heavy atom. The molecule has 1 aromatic carbocycles. The van der Waals surface area contributed by atoms with Crippen LogP contribution in [-0.4, -0.2) is 133 Å². The lowest BCUT2D eigenvalue weighted by Crippen LogP contribution is -2.60. The molecule has 0 radical (unpaired) electrons. The number of hydrogen-bond donors (Lipinski definition) is 5. The Morgan fingerprint density at radius 1 is 1.04 bits per heavy atom. The van der Waals surface area contributed by atoms with Crippen LogP contribution in [0.4, 0.5) is 0 Å². The first-order valence-corrected chi connectivity index (χ1v) is 19.1. The standard InChI is InChI=1S/C39H65N5O8/c1-9-25(4)35(43(6)39(50)34(24(2)3)42-38(49)30-21-29(46)17-18-40-30)32(51-7)22-33(47)44-19-13-16-31(44)36(52-8)26(5)37(48)41-28(23-45)20-27-14-11-10-12-15-27/h10-12,14-15,24-26,28-32,34-36,40,45-46H,9,13,16-23H2,1-8H3,(H,41,48)(H,42,49)/t25-,26+,28-,29?,30?,31-,32+,34-,35-,36+/m0/s1. The van der Waals surface area contributed by atoms with Crippen molar-refractivity contribution in [2.24, 2.45) is 17.8 Å². The van der Waals surface area contributed by atoms with E-state index < -0.39 is 48.4 Å². The van der Waals surface area contributed by atoms with Gasteiger partial charge >= 0.3 is 0 Å². The monoisotopic (exact) mass is 731 g/mol. The minimum atomic E-state index is -0.811. The molecular weight excluding hydrogens is 666 g/mol. The molecule has 0 saturated carbocycles. The Morgan fingerprint density at radius 3 is 2.31 bits per heavy atom. The van der Waals surface area contributed by atoms with E-state index in [-0.39, 0.29) is 61.0 Å². The number of ether oxygens (including phenoxy) is 2. The first-order chi connectivity index (χ1) is 24.8. The second kappa shape index (κ2) is 21.0. The van der Waals surface area contributed by atoms with Crippen molar-refractivity contribution in [2.45, 2.75) is 128 Å². The quantitative estimate of drug-likeness (QED) is 0.143. The van der Waals surface area contributed by atoms with E-state index in [0.717, 1.165) is 18.4 Å². The van der Waals surface area contributed by atoms with Gasteiger partial charge in [-0.1, -0.05) is 71.4 Å². The van der Waals surface area contributed by atoms with Gasteiger partial charge in [-0.25, -0.2) is 0 Å². The van der Waals surface area contributed by atoms with E-state index in [1.807, 2.05) is 58.0 Å². The highest BCUT2D eigenvalue weighted by atomic mass is 16.5. The molecule has 3 rings (SSSR count). The average Bonchev–Trinajstić information content (AvgIpc) is 3.62. The van der Waals surface area contributed by atoms with Crippen molar-refractivity contribution >= 4 is 23.6 Å². The number of likely N-dealkylation sites (N-methyl/N-ethyl adjacent to an activating group) is 1. The van der Waals surface area contributed by atoms with Gasteiger partial charge in [0.15, 0.2) is 0 Å². The molecule has 2 saturated heterocycles. The highest BCUT2D eigenvalue weighted by molar-refractivity contribution is 5.90. The SMILES string of the molecule is CC[C@H](C)[C@@H]([C@@H](CC(=O)N1CCC[C@H]1[C@H](OC)[C@@H](C)C(=O)N[C@H](CO)Cc1ccccc1)OC)N(C)C(=O)[C@@H](NC(=O)C1CC(O)CCN1)C(C)C. The molecule has 2 fully saturated rings. The predicted octanol–water partition coefficient (Wildman–Crippen LogP) is 1.88. The van der Waals surface area contributed by atoms with Crippen molar-refractivity contribution in [2.75, 3.05) is 41.0 Å². The zero-order valence-electron chi connectivity index (χ0n) is 32.5. The van der Waals surface area contributed by atoms with Crippen molar-refractivity contribution in [1.82, 2.24) is 25.8 Å². The number of carbonyl (C=O) groups excluding carboxylic acids is 4. The second-order valence-corrected chi connectivity index (χ2v) is 15.1. The molecule has 2 aliphatic heterocycles. The molecule has 0 spiro atoms. The Balaban J connectivity index is 1.73. The van der Waals surface area contributed by atoms with Gasteiger partial charge in [-0.05, 0) is 56.0 Å². The molecule has 2 aliphatic rings. The summed E-state index contributed by atoms with van der Waals surface area (Å²) in [6.45, 7) is 10.4. The maximum atomic E-state index is 14.1. The summed E-state index contributed by atoms with van der Waals surface area (Å²) >= 11 is 0. The first-order valence-electron chi connectivity index (χ1n) is 19.1. The van der Waals surface area contributed by atoms with Gasteiger partial charge in [0.1, 0.15) is 6.04 Å². The predicted molar refractivity (Wildman–Crippen MR) is 199 cm³/mol. The van der Waals surface area contributed by atoms with Crippen molar-refractivity contribution in [3.05, 3.63) is 35.9 Å².